The molecule has 2 heterocycles. The highest BCUT2D eigenvalue weighted by molar-refractivity contribution is 8.00. The van der Waals surface area contributed by atoms with E-state index in [9.17, 15) is 4.79 Å². The Bertz CT molecular complexity index is 414. The number of carbonyl (C=O) groups excluding carboxylic acids is 1. The van der Waals surface area contributed by atoms with Gasteiger partial charge in [-0.1, -0.05) is 0 Å². The van der Waals surface area contributed by atoms with Crippen LogP contribution in [0.25, 0.3) is 0 Å². The SMILES string of the molecule is O=Cc1cnc(Sc2ncns2)nc1. The van der Waals surface area contributed by atoms with Crippen molar-refractivity contribution in [3.8, 4) is 0 Å². The molecule has 0 aliphatic carbocycles. The standard InChI is InChI=1S/C7H4N4OS2/c12-3-5-1-8-6(9-2-5)13-7-10-4-11-14-7/h1-4H. The van der Waals surface area contributed by atoms with Gasteiger partial charge in [-0.3, -0.25) is 4.79 Å². The van der Waals surface area contributed by atoms with E-state index in [0.717, 1.165) is 4.34 Å². The fourth-order valence-corrected chi connectivity index (χ4v) is 1.97. The lowest BCUT2D eigenvalue weighted by Crippen LogP contribution is -1.88. The second-order valence-electron chi connectivity index (χ2n) is 2.23. The van der Waals surface area contributed by atoms with E-state index in [1.54, 1.807) is 0 Å². The summed E-state index contributed by atoms with van der Waals surface area (Å²) in [5.74, 6) is 0. The Kier molecular flexibility index (Phi) is 2.80. The van der Waals surface area contributed by atoms with E-state index in [0.29, 0.717) is 17.0 Å². The van der Waals surface area contributed by atoms with Crippen molar-refractivity contribution < 1.29 is 4.79 Å². The summed E-state index contributed by atoms with van der Waals surface area (Å²) in [5, 5.41) is 0.562. The molecule has 2 rings (SSSR count). The maximum Gasteiger partial charge on any atom is 0.194 e. The van der Waals surface area contributed by atoms with Gasteiger partial charge in [0.15, 0.2) is 15.8 Å². The van der Waals surface area contributed by atoms with Crippen molar-refractivity contribution in [1.82, 2.24) is 19.3 Å². The maximum absolute atomic E-state index is 10.3. The highest BCUT2D eigenvalue weighted by Gasteiger charge is 2.02. The number of nitrogens with zero attached hydrogens (tertiary/aromatic N) is 4. The summed E-state index contributed by atoms with van der Waals surface area (Å²) in [6.07, 6.45) is 5.14. The van der Waals surface area contributed by atoms with Crippen molar-refractivity contribution in [1.29, 1.82) is 0 Å². The Morgan fingerprint density at radius 2 is 2.07 bits per heavy atom. The van der Waals surface area contributed by atoms with Crippen LogP contribution in [0, 0.1) is 0 Å². The maximum atomic E-state index is 10.3. The van der Waals surface area contributed by atoms with Crippen LogP contribution < -0.4 is 0 Å². The molecule has 0 aromatic carbocycles. The van der Waals surface area contributed by atoms with E-state index in [-0.39, 0.29) is 0 Å². The lowest BCUT2D eigenvalue weighted by molar-refractivity contribution is 0.112. The van der Waals surface area contributed by atoms with Gasteiger partial charge in [0.2, 0.25) is 0 Å². The van der Waals surface area contributed by atoms with E-state index in [1.165, 1.54) is 42.0 Å². The van der Waals surface area contributed by atoms with Gasteiger partial charge in [0.05, 0.1) is 5.56 Å². The molecule has 70 valence electrons. The Morgan fingerprint density at radius 1 is 1.29 bits per heavy atom. The van der Waals surface area contributed by atoms with Gasteiger partial charge < -0.3 is 0 Å². The zero-order valence-electron chi connectivity index (χ0n) is 6.82. The molecule has 0 saturated heterocycles. The minimum Gasteiger partial charge on any atom is -0.298 e. The molecule has 0 amide bonds. The fraction of sp³-hybridized carbons (Fsp3) is 0. The van der Waals surface area contributed by atoms with E-state index in [2.05, 4.69) is 19.3 Å². The van der Waals surface area contributed by atoms with E-state index < -0.39 is 0 Å². The first-order chi connectivity index (χ1) is 6.88. The van der Waals surface area contributed by atoms with Gasteiger partial charge >= 0.3 is 0 Å². The molecule has 0 bridgehead atoms. The summed E-state index contributed by atoms with van der Waals surface area (Å²) in [4.78, 5) is 22.3. The number of carbonyl (C=O) groups is 1. The highest BCUT2D eigenvalue weighted by Crippen LogP contribution is 2.24. The molecule has 0 N–H and O–H groups in total. The average Bonchev–Trinajstić information content (AvgIpc) is 2.72. The highest BCUT2D eigenvalue weighted by atomic mass is 32.2. The zero-order valence-corrected chi connectivity index (χ0v) is 8.46. The normalized spacial score (nSPS) is 10.0. The molecule has 0 atom stereocenters. The van der Waals surface area contributed by atoms with E-state index in [4.69, 9.17) is 0 Å². The third-order valence-corrected chi connectivity index (χ3v) is 2.91. The van der Waals surface area contributed by atoms with Crippen LogP contribution in [-0.4, -0.2) is 25.6 Å². The molecule has 0 saturated carbocycles. The van der Waals surface area contributed by atoms with Crippen molar-refractivity contribution in [2.45, 2.75) is 9.50 Å². The smallest absolute Gasteiger partial charge is 0.194 e. The van der Waals surface area contributed by atoms with Crippen molar-refractivity contribution in [3.05, 3.63) is 24.3 Å². The van der Waals surface area contributed by atoms with Gasteiger partial charge in [0.25, 0.3) is 0 Å². The molecular weight excluding hydrogens is 220 g/mol. The molecule has 0 radical (unpaired) electrons. The minimum absolute atomic E-state index is 0.464. The lowest BCUT2D eigenvalue weighted by Gasteiger charge is -1.94. The minimum atomic E-state index is 0.464. The molecular formula is C7H4N4OS2. The molecule has 7 heteroatoms. The molecule has 0 spiro atoms. The third kappa shape index (κ3) is 2.12. The Labute approximate surface area is 87.8 Å². The second kappa shape index (κ2) is 4.25. The third-order valence-electron chi connectivity index (χ3n) is 1.30. The summed E-state index contributed by atoms with van der Waals surface area (Å²) in [6.45, 7) is 0. The predicted octanol–water partition coefficient (Wildman–Crippen LogP) is 1.29. The van der Waals surface area contributed by atoms with Crippen LogP contribution in [0.4, 0.5) is 0 Å². The summed E-state index contributed by atoms with van der Waals surface area (Å²) in [5.41, 5.74) is 0.464. The van der Waals surface area contributed by atoms with Crippen LogP contribution in [0.15, 0.2) is 28.2 Å². The van der Waals surface area contributed by atoms with Gasteiger partial charge in [0, 0.05) is 12.4 Å². The molecule has 5 nitrogen and oxygen atoms in total. The number of hydrogen-bond donors (Lipinski definition) is 0. The molecule has 14 heavy (non-hydrogen) atoms. The van der Waals surface area contributed by atoms with Crippen molar-refractivity contribution >= 4 is 29.6 Å². The van der Waals surface area contributed by atoms with Crippen molar-refractivity contribution in [3.63, 3.8) is 0 Å². The topological polar surface area (TPSA) is 68.6 Å². The Morgan fingerprint density at radius 3 is 2.64 bits per heavy atom. The van der Waals surface area contributed by atoms with Gasteiger partial charge in [-0.05, 0) is 23.3 Å². The largest absolute Gasteiger partial charge is 0.298 e. The van der Waals surface area contributed by atoms with Crippen LogP contribution in [0.5, 0.6) is 0 Å². The predicted molar refractivity (Wildman–Crippen MR) is 51.5 cm³/mol. The van der Waals surface area contributed by atoms with Crippen LogP contribution in [0.3, 0.4) is 0 Å². The van der Waals surface area contributed by atoms with E-state index in [1.807, 2.05) is 0 Å². The molecule has 2 aromatic rings. The van der Waals surface area contributed by atoms with E-state index >= 15 is 0 Å². The molecule has 0 aliphatic rings. The molecule has 0 unspecified atom stereocenters. The number of hydrogen-bond acceptors (Lipinski definition) is 7. The van der Waals surface area contributed by atoms with Gasteiger partial charge in [-0.15, -0.1) is 0 Å². The van der Waals surface area contributed by atoms with Gasteiger partial charge in [-0.25, -0.2) is 15.0 Å². The number of aromatic nitrogens is 4. The Balaban J connectivity index is 2.14. The first-order valence-electron chi connectivity index (χ1n) is 3.60. The van der Waals surface area contributed by atoms with Gasteiger partial charge in [-0.2, -0.15) is 4.37 Å². The van der Waals surface area contributed by atoms with Gasteiger partial charge in [0.1, 0.15) is 6.33 Å². The van der Waals surface area contributed by atoms with Crippen LogP contribution in [0.2, 0.25) is 0 Å². The van der Waals surface area contributed by atoms with Crippen molar-refractivity contribution in [2.75, 3.05) is 0 Å². The summed E-state index contributed by atoms with van der Waals surface area (Å²) in [7, 11) is 0. The van der Waals surface area contributed by atoms with Crippen LogP contribution in [-0.2, 0) is 0 Å². The first kappa shape index (κ1) is 9.22. The number of aldehydes is 1. The Hall–Kier alpha value is -1.34. The monoisotopic (exact) mass is 224 g/mol. The number of rotatable bonds is 3. The lowest BCUT2D eigenvalue weighted by atomic mass is 10.4. The van der Waals surface area contributed by atoms with Crippen LogP contribution in [0.1, 0.15) is 10.4 Å². The second-order valence-corrected chi connectivity index (χ2v) is 4.22. The molecule has 2 aromatic heterocycles. The zero-order chi connectivity index (χ0) is 9.80. The quantitative estimate of drug-likeness (QED) is 0.578. The summed E-state index contributed by atoms with van der Waals surface area (Å²) >= 11 is 2.60. The first-order valence-corrected chi connectivity index (χ1v) is 5.19. The summed E-state index contributed by atoms with van der Waals surface area (Å²) < 4.78 is 4.63. The van der Waals surface area contributed by atoms with Crippen molar-refractivity contribution in [2.24, 2.45) is 0 Å². The molecule has 0 aliphatic heterocycles. The van der Waals surface area contributed by atoms with Crippen LogP contribution >= 0.6 is 23.3 Å². The molecule has 0 fully saturated rings. The average molecular weight is 224 g/mol. The fourth-order valence-electron chi connectivity index (χ4n) is 0.726. The summed E-state index contributed by atoms with van der Waals surface area (Å²) in [6, 6.07) is 0.